The zero-order valence-corrected chi connectivity index (χ0v) is 16.6. The molecule has 0 fully saturated rings. The number of hydrogen-bond donors (Lipinski definition) is 0. The van der Waals surface area contributed by atoms with Crippen LogP contribution in [0.15, 0.2) is 18.3 Å². The Morgan fingerprint density at radius 3 is 1.55 bits per heavy atom. The average molecular weight is 491 g/mol. The molecule has 0 aliphatic carbocycles. The Bertz CT molecular complexity index is 708. The SMILES string of the molecule is O=S(=O)(N(c1ccc(Cl)cn1)S(=O)(=O)C(Cl)(Cl)Cl)C(Cl)(Cl)Cl. The van der Waals surface area contributed by atoms with Crippen molar-refractivity contribution in [1.82, 2.24) is 4.98 Å². The molecule has 0 spiro atoms. The van der Waals surface area contributed by atoms with E-state index in [-0.39, 0.29) is 8.73 Å². The highest BCUT2D eigenvalue weighted by Crippen LogP contribution is 2.44. The van der Waals surface area contributed by atoms with Gasteiger partial charge in [0, 0.05) is 6.20 Å². The Morgan fingerprint density at radius 1 is 0.864 bits per heavy atom. The summed E-state index contributed by atoms with van der Waals surface area (Å²) in [7, 11) is -10.3. The van der Waals surface area contributed by atoms with Crippen molar-refractivity contribution in [3.63, 3.8) is 0 Å². The fourth-order valence-corrected chi connectivity index (χ4v) is 5.92. The molecule has 1 aromatic rings. The first-order chi connectivity index (χ1) is 9.62. The van der Waals surface area contributed by atoms with Crippen molar-refractivity contribution in [3.8, 4) is 0 Å². The molecule has 0 bridgehead atoms. The predicted molar refractivity (Wildman–Crippen MR) is 90.1 cm³/mol. The highest BCUT2D eigenvalue weighted by atomic mass is 35.6. The van der Waals surface area contributed by atoms with Crippen LogP contribution in [0, 0.1) is 0 Å². The Kier molecular flexibility index (Phi) is 6.32. The highest BCUT2D eigenvalue weighted by molar-refractivity contribution is 8.14. The van der Waals surface area contributed by atoms with Crippen molar-refractivity contribution in [2.45, 2.75) is 6.25 Å². The van der Waals surface area contributed by atoms with E-state index in [1.165, 1.54) is 0 Å². The van der Waals surface area contributed by atoms with Crippen LogP contribution in [-0.2, 0) is 20.0 Å². The number of sulfonamides is 2. The minimum atomic E-state index is -5.16. The Balaban J connectivity index is 3.73. The molecule has 0 aromatic carbocycles. The van der Waals surface area contributed by atoms with Gasteiger partial charge in [-0.3, -0.25) is 0 Å². The third kappa shape index (κ3) is 4.10. The van der Waals surface area contributed by atoms with Crippen molar-refractivity contribution in [2.75, 3.05) is 3.71 Å². The molecule has 1 rings (SSSR count). The summed E-state index contributed by atoms with van der Waals surface area (Å²) in [6, 6.07) is 2.06. The number of alkyl halides is 6. The van der Waals surface area contributed by atoms with Gasteiger partial charge in [-0.25, -0.2) is 21.8 Å². The van der Waals surface area contributed by atoms with Gasteiger partial charge in [-0.1, -0.05) is 81.2 Å². The predicted octanol–water partition coefficient (Wildman–Crippen LogP) is 3.86. The molecule has 22 heavy (non-hydrogen) atoms. The largest absolute Gasteiger partial charge is 0.312 e. The van der Waals surface area contributed by atoms with Gasteiger partial charge in [0.25, 0.3) is 20.0 Å². The molecule has 0 amide bonds. The van der Waals surface area contributed by atoms with Crippen molar-refractivity contribution in [2.24, 2.45) is 0 Å². The maximum Gasteiger partial charge on any atom is 0.312 e. The summed E-state index contributed by atoms with van der Waals surface area (Å²) in [6.07, 6.45) is 0.950. The van der Waals surface area contributed by atoms with E-state index >= 15 is 0 Å². The van der Waals surface area contributed by atoms with E-state index in [1.54, 1.807) is 0 Å². The molecule has 0 radical (unpaired) electrons. The molecule has 0 N–H and O–H groups in total. The molecule has 0 aliphatic heterocycles. The molecule has 1 aromatic heterocycles. The van der Waals surface area contributed by atoms with E-state index in [0.717, 1.165) is 18.3 Å². The average Bonchev–Trinajstić information content (AvgIpc) is 2.28. The monoisotopic (exact) mass is 488 g/mol. The van der Waals surface area contributed by atoms with Crippen LogP contribution >= 0.6 is 81.2 Å². The lowest BCUT2D eigenvalue weighted by Gasteiger charge is -2.28. The topological polar surface area (TPSA) is 84.4 Å². The Morgan fingerprint density at radius 2 is 1.27 bits per heavy atom. The molecule has 0 saturated carbocycles. The first-order valence-corrected chi connectivity index (χ1v) is 10.2. The first-order valence-electron chi connectivity index (χ1n) is 4.67. The molecule has 6 nitrogen and oxygen atoms in total. The second kappa shape index (κ2) is 6.65. The summed E-state index contributed by atoms with van der Waals surface area (Å²) in [5.41, 5.74) is 0. The molecule has 0 atom stereocenters. The van der Waals surface area contributed by atoms with Gasteiger partial charge in [-0.2, -0.15) is 0 Å². The summed E-state index contributed by atoms with van der Waals surface area (Å²) in [5, 5.41) is 0.0845. The summed E-state index contributed by atoms with van der Waals surface area (Å²) in [5.74, 6) is -0.706. The summed E-state index contributed by atoms with van der Waals surface area (Å²) in [4.78, 5) is 3.52. The Hall–Kier alpha value is 0.880. The van der Waals surface area contributed by atoms with Crippen LogP contribution < -0.4 is 3.71 Å². The number of halogens is 7. The van der Waals surface area contributed by atoms with Gasteiger partial charge in [0.2, 0.25) is 0 Å². The Labute approximate surface area is 161 Å². The number of rotatable bonds is 3. The van der Waals surface area contributed by atoms with Crippen molar-refractivity contribution in [3.05, 3.63) is 23.4 Å². The van der Waals surface area contributed by atoms with Gasteiger partial charge < -0.3 is 0 Å². The standard InChI is InChI=1S/C7H3Cl7N2O4S2/c8-4-1-2-5(15-3-4)16(21(17,18)6(9,10)11)22(19,20)7(12,13)14/h1-3H. The van der Waals surface area contributed by atoms with Gasteiger partial charge in [0.05, 0.1) is 5.02 Å². The lowest BCUT2D eigenvalue weighted by atomic mass is 10.5. The van der Waals surface area contributed by atoms with E-state index in [4.69, 9.17) is 81.2 Å². The zero-order valence-electron chi connectivity index (χ0n) is 9.72. The zero-order chi connectivity index (χ0) is 17.6. The van der Waals surface area contributed by atoms with Crippen LogP contribution in [0.3, 0.4) is 0 Å². The number of aromatic nitrogens is 1. The third-order valence-electron chi connectivity index (χ3n) is 1.92. The number of anilines is 1. The van der Waals surface area contributed by atoms with Crippen LogP contribution in [0.1, 0.15) is 0 Å². The van der Waals surface area contributed by atoms with Crippen LogP contribution in [0.4, 0.5) is 5.82 Å². The second-order valence-corrected chi connectivity index (χ2v) is 13.9. The maximum atomic E-state index is 12.2. The highest BCUT2D eigenvalue weighted by Gasteiger charge is 2.55. The fraction of sp³-hybridized carbons (Fsp3) is 0.286. The van der Waals surface area contributed by atoms with Crippen LogP contribution in [-0.4, -0.2) is 28.1 Å². The molecule has 15 heteroatoms. The van der Waals surface area contributed by atoms with Gasteiger partial charge in [0.1, 0.15) is 0 Å². The lowest BCUT2D eigenvalue weighted by Crippen LogP contribution is -2.48. The molecule has 0 aliphatic rings. The quantitative estimate of drug-likeness (QED) is 0.600. The summed E-state index contributed by atoms with van der Waals surface area (Å²) < 4.78 is 42.4. The maximum absolute atomic E-state index is 12.2. The van der Waals surface area contributed by atoms with E-state index < -0.39 is 32.1 Å². The van der Waals surface area contributed by atoms with E-state index in [0.29, 0.717) is 0 Å². The van der Waals surface area contributed by atoms with Crippen molar-refractivity contribution in [1.29, 1.82) is 0 Å². The minimum absolute atomic E-state index is 0.0845. The van der Waals surface area contributed by atoms with E-state index in [2.05, 4.69) is 4.98 Å². The first kappa shape index (κ1) is 20.9. The van der Waals surface area contributed by atoms with Gasteiger partial charge >= 0.3 is 6.25 Å². The van der Waals surface area contributed by atoms with Gasteiger partial charge in [-0.05, 0) is 12.1 Å². The number of hydrogen-bond acceptors (Lipinski definition) is 5. The number of nitrogens with zero attached hydrogens (tertiary/aromatic N) is 2. The van der Waals surface area contributed by atoms with Gasteiger partial charge in [-0.15, -0.1) is 3.71 Å². The normalized spacial score (nSPS) is 14.0. The van der Waals surface area contributed by atoms with E-state index in [1.807, 2.05) is 0 Å². The van der Waals surface area contributed by atoms with Crippen LogP contribution in [0.2, 0.25) is 5.02 Å². The molecule has 126 valence electrons. The summed E-state index contributed by atoms with van der Waals surface area (Å²) in [6.45, 7) is 0. The van der Waals surface area contributed by atoms with Gasteiger partial charge in [0.15, 0.2) is 5.82 Å². The van der Waals surface area contributed by atoms with Crippen LogP contribution in [0.25, 0.3) is 0 Å². The van der Waals surface area contributed by atoms with E-state index in [9.17, 15) is 16.8 Å². The molecular weight excluding hydrogens is 488 g/mol. The molecule has 0 unspecified atom stereocenters. The number of pyridine rings is 1. The van der Waals surface area contributed by atoms with Crippen molar-refractivity contribution >= 4 is 107 Å². The lowest BCUT2D eigenvalue weighted by molar-refractivity contribution is 0.584. The smallest absolute Gasteiger partial charge is 0.236 e. The third-order valence-corrected chi connectivity index (χ3v) is 9.25. The minimum Gasteiger partial charge on any atom is -0.236 e. The summed E-state index contributed by atoms with van der Waals surface area (Å²) >= 11 is 37.5. The molecular formula is C7H3Cl7N2O4S2. The molecule has 1 heterocycles. The second-order valence-electron chi connectivity index (χ2n) is 3.43. The molecule has 0 saturated heterocycles. The van der Waals surface area contributed by atoms with Crippen LogP contribution in [0.5, 0.6) is 0 Å². The fourth-order valence-electron chi connectivity index (χ4n) is 1.04. The van der Waals surface area contributed by atoms with Crippen molar-refractivity contribution < 1.29 is 16.8 Å².